The van der Waals surface area contributed by atoms with E-state index in [1.165, 1.54) is 28.0 Å². The standard InChI is InChI=1S/C17H9BrN4O3S/c18-12-6-4-11(5-7-12)15-19-17-21(20-15)16(23)14(26-17)9-10-2-1-3-13(8-10)22(24)25/h1-9H/b14-9-. The molecule has 0 unspecified atom stereocenters. The summed E-state index contributed by atoms with van der Waals surface area (Å²) in [6.07, 6.45) is 1.61. The lowest BCUT2D eigenvalue weighted by Gasteiger charge is -1.94. The molecule has 2 aromatic heterocycles. The summed E-state index contributed by atoms with van der Waals surface area (Å²) in [5, 5.41) is 15.2. The summed E-state index contributed by atoms with van der Waals surface area (Å²) in [5.74, 6) is 0.475. The molecule has 2 aromatic carbocycles. The first-order valence-electron chi connectivity index (χ1n) is 7.43. The van der Waals surface area contributed by atoms with E-state index in [1.54, 1.807) is 18.2 Å². The van der Waals surface area contributed by atoms with E-state index in [4.69, 9.17) is 0 Å². The number of aromatic nitrogens is 3. The van der Waals surface area contributed by atoms with E-state index in [1.807, 2.05) is 24.3 Å². The van der Waals surface area contributed by atoms with E-state index in [-0.39, 0.29) is 11.2 Å². The average Bonchev–Trinajstić information content (AvgIpc) is 3.16. The number of nitro benzene ring substituents is 1. The number of thiazole rings is 1. The summed E-state index contributed by atoms with van der Waals surface area (Å²) >= 11 is 4.57. The summed E-state index contributed by atoms with van der Waals surface area (Å²) in [6.45, 7) is 0. The van der Waals surface area contributed by atoms with Crippen molar-refractivity contribution in [1.29, 1.82) is 0 Å². The van der Waals surface area contributed by atoms with Crippen LogP contribution in [0.15, 0.2) is 57.8 Å². The number of nitro groups is 1. The van der Waals surface area contributed by atoms with E-state index in [9.17, 15) is 14.9 Å². The number of non-ortho nitro benzene ring substituents is 1. The fraction of sp³-hybridized carbons (Fsp3) is 0. The van der Waals surface area contributed by atoms with Gasteiger partial charge in [-0.25, -0.2) is 0 Å². The molecule has 9 heteroatoms. The highest BCUT2D eigenvalue weighted by Crippen LogP contribution is 2.19. The average molecular weight is 429 g/mol. The van der Waals surface area contributed by atoms with Crippen molar-refractivity contribution < 1.29 is 4.92 Å². The molecule has 0 saturated carbocycles. The number of nitrogens with zero attached hydrogens (tertiary/aromatic N) is 4. The maximum absolute atomic E-state index is 12.5. The molecule has 0 aliphatic rings. The molecule has 0 spiro atoms. The van der Waals surface area contributed by atoms with Crippen molar-refractivity contribution in [2.45, 2.75) is 0 Å². The molecule has 4 rings (SSSR count). The summed E-state index contributed by atoms with van der Waals surface area (Å²) in [5.41, 5.74) is 1.07. The van der Waals surface area contributed by atoms with Crippen molar-refractivity contribution >= 4 is 44.0 Å². The highest BCUT2D eigenvalue weighted by atomic mass is 79.9. The summed E-state index contributed by atoms with van der Waals surface area (Å²) in [4.78, 5) is 27.8. The first-order valence-corrected chi connectivity index (χ1v) is 9.04. The number of halogens is 1. The topological polar surface area (TPSA) is 90.4 Å². The second kappa shape index (κ2) is 6.43. The van der Waals surface area contributed by atoms with Gasteiger partial charge in [0.25, 0.3) is 11.2 Å². The zero-order valence-electron chi connectivity index (χ0n) is 13.0. The Hall–Kier alpha value is -2.91. The van der Waals surface area contributed by atoms with E-state index < -0.39 is 4.92 Å². The van der Waals surface area contributed by atoms with Crippen molar-refractivity contribution in [3.05, 3.63) is 83.6 Å². The molecular weight excluding hydrogens is 420 g/mol. The Labute approximate surface area is 158 Å². The Morgan fingerprint density at radius 3 is 2.65 bits per heavy atom. The van der Waals surface area contributed by atoms with Crippen LogP contribution in [0.25, 0.3) is 22.4 Å². The van der Waals surface area contributed by atoms with Crippen molar-refractivity contribution in [3.8, 4) is 11.4 Å². The molecule has 0 fully saturated rings. The minimum atomic E-state index is -0.470. The molecule has 0 saturated heterocycles. The van der Waals surface area contributed by atoms with Gasteiger partial charge < -0.3 is 0 Å². The number of hydrogen-bond acceptors (Lipinski definition) is 6. The fourth-order valence-electron chi connectivity index (χ4n) is 2.43. The third-order valence-corrected chi connectivity index (χ3v) is 5.15. The molecule has 0 aliphatic carbocycles. The molecule has 0 N–H and O–H groups in total. The van der Waals surface area contributed by atoms with Crippen molar-refractivity contribution in [2.75, 3.05) is 0 Å². The monoisotopic (exact) mass is 428 g/mol. The lowest BCUT2D eigenvalue weighted by Crippen LogP contribution is -2.23. The zero-order chi connectivity index (χ0) is 18.3. The van der Waals surface area contributed by atoms with Gasteiger partial charge >= 0.3 is 0 Å². The molecule has 0 atom stereocenters. The van der Waals surface area contributed by atoms with E-state index in [0.717, 1.165) is 10.0 Å². The summed E-state index contributed by atoms with van der Waals surface area (Å²) < 4.78 is 2.62. The first kappa shape index (κ1) is 16.6. The molecule has 26 heavy (non-hydrogen) atoms. The van der Waals surface area contributed by atoms with Crippen LogP contribution in [0.4, 0.5) is 5.69 Å². The van der Waals surface area contributed by atoms with E-state index in [2.05, 4.69) is 26.0 Å². The van der Waals surface area contributed by atoms with Gasteiger partial charge in [-0.3, -0.25) is 14.9 Å². The Bertz CT molecular complexity index is 1250. The molecule has 4 aromatic rings. The lowest BCUT2D eigenvalue weighted by molar-refractivity contribution is -0.384. The SMILES string of the molecule is O=c1/c(=C/c2cccc([N+](=O)[O-])c2)sc2nc(-c3ccc(Br)cc3)nn12. The van der Waals surface area contributed by atoms with Crippen LogP contribution in [0.3, 0.4) is 0 Å². The van der Waals surface area contributed by atoms with Gasteiger partial charge in [0.2, 0.25) is 4.96 Å². The number of hydrogen-bond donors (Lipinski definition) is 0. The molecule has 0 amide bonds. The molecule has 0 radical (unpaired) electrons. The molecule has 0 aliphatic heterocycles. The van der Waals surface area contributed by atoms with Crippen LogP contribution in [0.1, 0.15) is 5.56 Å². The van der Waals surface area contributed by atoms with Crippen LogP contribution in [0, 0.1) is 10.1 Å². The highest BCUT2D eigenvalue weighted by Gasteiger charge is 2.12. The van der Waals surface area contributed by atoms with Crippen LogP contribution in [0.2, 0.25) is 0 Å². The highest BCUT2D eigenvalue weighted by molar-refractivity contribution is 9.10. The number of fused-ring (bicyclic) bond motifs is 1. The van der Waals surface area contributed by atoms with Crippen LogP contribution >= 0.6 is 27.3 Å². The molecule has 2 heterocycles. The van der Waals surface area contributed by atoms with E-state index >= 15 is 0 Å². The Kier molecular flexibility index (Phi) is 4.09. The van der Waals surface area contributed by atoms with Crippen molar-refractivity contribution in [2.24, 2.45) is 0 Å². The molecule has 0 bridgehead atoms. The second-order valence-electron chi connectivity index (χ2n) is 5.40. The second-order valence-corrected chi connectivity index (χ2v) is 7.33. The van der Waals surface area contributed by atoms with Crippen molar-refractivity contribution in [1.82, 2.24) is 14.6 Å². The minimum Gasteiger partial charge on any atom is -0.266 e. The zero-order valence-corrected chi connectivity index (χ0v) is 15.4. The van der Waals surface area contributed by atoms with Crippen LogP contribution in [-0.4, -0.2) is 19.5 Å². The Balaban J connectivity index is 1.78. The predicted octanol–water partition coefficient (Wildman–Crippen LogP) is 3.04. The maximum atomic E-state index is 12.5. The third-order valence-electron chi connectivity index (χ3n) is 3.66. The van der Waals surface area contributed by atoms with Gasteiger partial charge in [0.05, 0.1) is 9.46 Å². The van der Waals surface area contributed by atoms with Gasteiger partial charge in [-0.1, -0.05) is 51.5 Å². The van der Waals surface area contributed by atoms with E-state index in [0.29, 0.717) is 20.9 Å². The van der Waals surface area contributed by atoms with Gasteiger partial charge in [-0.2, -0.15) is 9.50 Å². The predicted molar refractivity (Wildman–Crippen MR) is 102 cm³/mol. The fourth-order valence-corrected chi connectivity index (χ4v) is 3.61. The molecular formula is C17H9BrN4O3S. The third kappa shape index (κ3) is 3.02. The van der Waals surface area contributed by atoms with Crippen molar-refractivity contribution in [3.63, 3.8) is 0 Å². The Morgan fingerprint density at radius 2 is 1.96 bits per heavy atom. The molecule has 7 nitrogen and oxygen atoms in total. The van der Waals surface area contributed by atoms with Crippen LogP contribution < -0.4 is 10.1 Å². The number of rotatable bonds is 3. The summed E-state index contributed by atoms with van der Waals surface area (Å²) in [7, 11) is 0. The number of benzene rings is 2. The normalized spacial score (nSPS) is 12.0. The van der Waals surface area contributed by atoms with Gasteiger partial charge in [0.1, 0.15) is 0 Å². The first-order chi connectivity index (χ1) is 12.5. The quantitative estimate of drug-likeness (QED) is 0.369. The molecule has 128 valence electrons. The van der Waals surface area contributed by atoms with Gasteiger partial charge in [0.15, 0.2) is 5.82 Å². The minimum absolute atomic E-state index is 0.0248. The van der Waals surface area contributed by atoms with Crippen LogP contribution in [0.5, 0.6) is 0 Å². The lowest BCUT2D eigenvalue weighted by atomic mass is 10.2. The largest absolute Gasteiger partial charge is 0.291 e. The van der Waals surface area contributed by atoms with Gasteiger partial charge in [0, 0.05) is 22.2 Å². The van der Waals surface area contributed by atoms with Gasteiger partial charge in [-0.15, -0.1) is 5.10 Å². The van der Waals surface area contributed by atoms with Gasteiger partial charge in [-0.05, 0) is 23.8 Å². The Morgan fingerprint density at radius 1 is 1.19 bits per heavy atom. The van der Waals surface area contributed by atoms with Crippen LogP contribution in [-0.2, 0) is 0 Å². The smallest absolute Gasteiger partial charge is 0.266 e. The maximum Gasteiger partial charge on any atom is 0.291 e. The summed E-state index contributed by atoms with van der Waals surface area (Å²) in [6, 6.07) is 13.6.